The van der Waals surface area contributed by atoms with Gasteiger partial charge < -0.3 is 5.32 Å². The molecule has 0 saturated heterocycles. The molecule has 0 rings (SSSR count). The van der Waals surface area contributed by atoms with E-state index in [0.717, 1.165) is 11.5 Å². The molecule has 5 heteroatoms. The van der Waals surface area contributed by atoms with Crippen LogP contribution in [0.15, 0.2) is 25.3 Å². The maximum Gasteiger partial charge on any atom is 0.337 e. The molecule has 80 valence electrons. The van der Waals surface area contributed by atoms with Crippen molar-refractivity contribution in [1.29, 1.82) is 0 Å². The van der Waals surface area contributed by atoms with Crippen LogP contribution >= 0.6 is 23.9 Å². The summed E-state index contributed by atoms with van der Waals surface area (Å²) in [6, 6.07) is -0.0776. The van der Waals surface area contributed by atoms with E-state index in [-0.39, 0.29) is 6.03 Å². The Balaban J connectivity index is 3.99. The van der Waals surface area contributed by atoms with Crippen molar-refractivity contribution >= 4 is 29.9 Å². The Morgan fingerprint density at radius 1 is 1.36 bits per heavy atom. The Morgan fingerprint density at radius 3 is 2.21 bits per heavy atom. The summed E-state index contributed by atoms with van der Waals surface area (Å²) >= 11 is 2.86. The highest BCUT2D eigenvalue weighted by molar-refractivity contribution is 8.12. The van der Waals surface area contributed by atoms with Gasteiger partial charge in [-0.15, -0.1) is 13.2 Å². The molecule has 1 N–H and O–H groups in total. The normalized spacial score (nSPS) is 9.21. The van der Waals surface area contributed by atoms with E-state index in [1.165, 1.54) is 23.9 Å². The van der Waals surface area contributed by atoms with Crippen molar-refractivity contribution < 1.29 is 4.79 Å². The summed E-state index contributed by atoms with van der Waals surface area (Å²) in [6.07, 6.45) is 3.54. The van der Waals surface area contributed by atoms with Crippen LogP contribution in [0.1, 0.15) is 6.92 Å². The highest BCUT2D eigenvalue weighted by Gasteiger charge is 2.12. The Labute approximate surface area is 94.3 Å². The average molecular weight is 232 g/mol. The first-order chi connectivity index (χ1) is 6.76. The molecule has 0 aliphatic rings. The van der Waals surface area contributed by atoms with Gasteiger partial charge in [-0.3, -0.25) is 0 Å². The SMILES string of the molecule is C=CCSN(SCC=C)C(=O)NCC. The fourth-order valence-electron chi connectivity index (χ4n) is 0.611. The zero-order valence-electron chi connectivity index (χ0n) is 8.36. The first-order valence-corrected chi connectivity index (χ1v) is 6.20. The van der Waals surface area contributed by atoms with Crippen LogP contribution in [0.5, 0.6) is 0 Å². The summed E-state index contributed by atoms with van der Waals surface area (Å²) in [6.45, 7) is 9.75. The first-order valence-electron chi connectivity index (χ1n) is 4.31. The molecule has 0 aliphatic carbocycles. The molecular weight excluding hydrogens is 216 g/mol. The second-order valence-corrected chi connectivity index (χ2v) is 4.41. The Hall–Kier alpha value is -0.550. The van der Waals surface area contributed by atoms with Crippen LogP contribution in [0.3, 0.4) is 0 Å². The highest BCUT2D eigenvalue weighted by Crippen LogP contribution is 2.21. The summed E-state index contributed by atoms with van der Waals surface area (Å²) in [4.78, 5) is 11.5. The molecule has 0 saturated carbocycles. The minimum atomic E-state index is -0.0776. The molecule has 0 aromatic heterocycles. The maximum atomic E-state index is 11.5. The van der Waals surface area contributed by atoms with Crippen molar-refractivity contribution in [2.24, 2.45) is 0 Å². The summed E-state index contributed by atoms with van der Waals surface area (Å²) in [5.41, 5.74) is 0. The second kappa shape index (κ2) is 9.02. The molecule has 0 spiro atoms. The number of rotatable bonds is 7. The predicted molar refractivity (Wildman–Crippen MR) is 66.2 cm³/mol. The number of hydrogen-bond donors (Lipinski definition) is 1. The number of carbonyl (C=O) groups is 1. The molecule has 0 fully saturated rings. The van der Waals surface area contributed by atoms with Gasteiger partial charge in [-0.25, -0.2) is 8.51 Å². The standard InChI is InChI=1S/C9H16N2OS2/c1-4-7-13-11(14-8-5-2)9(12)10-6-3/h4-5H,1-2,6-8H2,3H3,(H,10,12). The monoisotopic (exact) mass is 232 g/mol. The van der Waals surface area contributed by atoms with Crippen LogP contribution in [-0.2, 0) is 0 Å². The van der Waals surface area contributed by atoms with Gasteiger partial charge in [0.25, 0.3) is 0 Å². The summed E-state index contributed by atoms with van der Waals surface area (Å²) in [7, 11) is 0. The number of carbonyl (C=O) groups excluding carboxylic acids is 1. The van der Waals surface area contributed by atoms with Crippen molar-refractivity contribution in [3.63, 3.8) is 0 Å². The van der Waals surface area contributed by atoms with Crippen LogP contribution in [0, 0.1) is 0 Å². The van der Waals surface area contributed by atoms with Gasteiger partial charge in [0.05, 0.1) is 0 Å². The van der Waals surface area contributed by atoms with Gasteiger partial charge in [0.1, 0.15) is 0 Å². The third kappa shape index (κ3) is 5.99. The minimum Gasteiger partial charge on any atom is -0.337 e. The second-order valence-electron chi connectivity index (χ2n) is 2.26. The molecule has 0 bridgehead atoms. The third-order valence-electron chi connectivity index (χ3n) is 1.11. The van der Waals surface area contributed by atoms with Crippen molar-refractivity contribution in [3.05, 3.63) is 25.3 Å². The molecule has 14 heavy (non-hydrogen) atoms. The van der Waals surface area contributed by atoms with Crippen molar-refractivity contribution in [2.45, 2.75) is 6.92 Å². The Kier molecular flexibility index (Phi) is 8.67. The smallest absolute Gasteiger partial charge is 0.337 e. The third-order valence-corrected chi connectivity index (χ3v) is 3.32. The van der Waals surface area contributed by atoms with Crippen LogP contribution in [0.2, 0.25) is 0 Å². The minimum absolute atomic E-state index is 0.0776. The fourth-order valence-corrected chi connectivity index (χ4v) is 2.12. The maximum absolute atomic E-state index is 11.5. The van der Waals surface area contributed by atoms with Crippen molar-refractivity contribution in [1.82, 2.24) is 9.03 Å². The molecule has 3 nitrogen and oxygen atoms in total. The zero-order chi connectivity index (χ0) is 10.8. The largest absolute Gasteiger partial charge is 0.337 e. The molecule has 2 amide bonds. The number of amides is 2. The lowest BCUT2D eigenvalue weighted by Gasteiger charge is -2.18. The van der Waals surface area contributed by atoms with E-state index in [9.17, 15) is 4.79 Å². The first kappa shape index (κ1) is 13.4. The van der Waals surface area contributed by atoms with Gasteiger partial charge in [0.2, 0.25) is 0 Å². The summed E-state index contributed by atoms with van der Waals surface area (Å²) in [5, 5.41) is 2.74. The molecule has 0 radical (unpaired) electrons. The van der Waals surface area contributed by atoms with E-state index < -0.39 is 0 Å². The fraction of sp³-hybridized carbons (Fsp3) is 0.444. The van der Waals surface area contributed by atoms with Gasteiger partial charge in [-0.05, 0) is 30.8 Å². The summed E-state index contributed by atoms with van der Waals surface area (Å²) in [5.74, 6) is 1.45. The van der Waals surface area contributed by atoms with Crippen LogP contribution < -0.4 is 5.32 Å². The highest BCUT2D eigenvalue weighted by atomic mass is 32.2. The molecule has 0 atom stereocenters. The van der Waals surface area contributed by atoms with E-state index in [2.05, 4.69) is 18.5 Å². The lowest BCUT2D eigenvalue weighted by Crippen LogP contribution is -2.31. The van der Waals surface area contributed by atoms with Gasteiger partial charge in [0.15, 0.2) is 0 Å². The lowest BCUT2D eigenvalue weighted by molar-refractivity contribution is 0.239. The predicted octanol–water partition coefficient (Wildman–Crippen LogP) is 2.69. The Bertz CT molecular complexity index is 185. The molecular formula is C9H16N2OS2. The topological polar surface area (TPSA) is 32.3 Å². The van der Waals surface area contributed by atoms with Gasteiger partial charge >= 0.3 is 6.03 Å². The van der Waals surface area contributed by atoms with E-state index in [0.29, 0.717) is 6.54 Å². The number of nitrogens with one attached hydrogen (secondary N) is 1. The Morgan fingerprint density at radius 2 is 1.86 bits per heavy atom. The lowest BCUT2D eigenvalue weighted by atomic mass is 10.7. The van der Waals surface area contributed by atoms with E-state index in [1.54, 1.807) is 15.9 Å². The van der Waals surface area contributed by atoms with Crippen molar-refractivity contribution in [3.8, 4) is 0 Å². The molecule has 0 unspecified atom stereocenters. The molecule has 0 aromatic rings. The van der Waals surface area contributed by atoms with Gasteiger partial charge in [0, 0.05) is 18.1 Å². The van der Waals surface area contributed by atoms with Gasteiger partial charge in [-0.1, -0.05) is 12.2 Å². The van der Waals surface area contributed by atoms with E-state index in [4.69, 9.17) is 0 Å². The molecule has 0 heterocycles. The van der Waals surface area contributed by atoms with E-state index in [1.807, 2.05) is 6.92 Å². The number of nitrogens with zero attached hydrogens (tertiary/aromatic N) is 1. The summed E-state index contributed by atoms with van der Waals surface area (Å²) < 4.78 is 1.62. The van der Waals surface area contributed by atoms with Crippen LogP contribution in [-0.4, -0.2) is 27.8 Å². The molecule has 0 aliphatic heterocycles. The van der Waals surface area contributed by atoms with Crippen LogP contribution in [0.25, 0.3) is 0 Å². The average Bonchev–Trinajstić information content (AvgIpc) is 2.18. The van der Waals surface area contributed by atoms with E-state index >= 15 is 0 Å². The molecule has 0 aromatic carbocycles. The van der Waals surface area contributed by atoms with Crippen LogP contribution in [0.4, 0.5) is 4.79 Å². The number of urea groups is 1. The van der Waals surface area contributed by atoms with Gasteiger partial charge in [-0.2, -0.15) is 0 Å². The number of hydrogen-bond acceptors (Lipinski definition) is 3. The quantitative estimate of drug-likeness (QED) is 0.541. The zero-order valence-corrected chi connectivity index (χ0v) is 10.00. The van der Waals surface area contributed by atoms with Crippen molar-refractivity contribution in [2.75, 3.05) is 18.1 Å².